The van der Waals surface area contributed by atoms with Crippen LogP contribution in [0.15, 0.2) is 24.3 Å². The zero-order valence-electron chi connectivity index (χ0n) is 12.5. The van der Waals surface area contributed by atoms with E-state index in [1.807, 2.05) is 0 Å². The molecule has 1 aliphatic heterocycles. The molecule has 1 aliphatic carbocycles. The Balaban J connectivity index is 1.89. The monoisotopic (exact) mass is 269 g/mol. The molecular weight excluding hydrogens is 246 g/mol. The SMILES string of the molecule is CC(C)Cc1ccc(C2(C3(C#N)CCC3)COC2)cc1. The van der Waals surface area contributed by atoms with Gasteiger partial charge in [-0.2, -0.15) is 5.26 Å². The van der Waals surface area contributed by atoms with Crippen LogP contribution in [0.1, 0.15) is 44.2 Å². The largest absolute Gasteiger partial charge is 0.379 e. The summed E-state index contributed by atoms with van der Waals surface area (Å²) in [5.74, 6) is 0.680. The fourth-order valence-corrected chi connectivity index (χ4v) is 3.68. The van der Waals surface area contributed by atoms with E-state index in [-0.39, 0.29) is 10.8 Å². The second-order valence-corrected chi connectivity index (χ2v) is 6.92. The molecule has 1 saturated heterocycles. The Morgan fingerprint density at radius 3 is 2.20 bits per heavy atom. The second-order valence-electron chi connectivity index (χ2n) is 6.92. The second kappa shape index (κ2) is 4.90. The van der Waals surface area contributed by atoms with Crippen LogP contribution in [0.3, 0.4) is 0 Å². The number of nitrogens with zero attached hydrogens (tertiary/aromatic N) is 1. The molecule has 20 heavy (non-hydrogen) atoms. The van der Waals surface area contributed by atoms with Gasteiger partial charge >= 0.3 is 0 Å². The van der Waals surface area contributed by atoms with Gasteiger partial charge in [-0.25, -0.2) is 0 Å². The summed E-state index contributed by atoms with van der Waals surface area (Å²) in [5, 5.41) is 9.67. The average Bonchev–Trinajstić information content (AvgIpc) is 2.32. The predicted octanol–water partition coefficient (Wildman–Crippen LogP) is 3.85. The third-order valence-electron chi connectivity index (χ3n) is 5.18. The number of hydrogen-bond acceptors (Lipinski definition) is 2. The molecule has 0 N–H and O–H groups in total. The summed E-state index contributed by atoms with van der Waals surface area (Å²) in [6.45, 7) is 5.91. The van der Waals surface area contributed by atoms with Crippen molar-refractivity contribution in [3.05, 3.63) is 35.4 Å². The quantitative estimate of drug-likeness (QED) is 0.832. The Morgan fingerprint density at radius 2 is 1.85 bits per heavy atom. The molecule has 0 aromatic heterocycles. The number of rotatable bonds is 4. The first-order valence-electron chi connectivity index (χ1n) is 7.70. The molecule has 2 fully saturated rings. The van der Waals surface area contributed by atoms with E-state index in [2.05, 4.69) is 44.2 Å². The van der Waals surface area contributed by atoms with Crippen molar-refractivity contribution in [3.8, 4) is 6.07 Å². The summed E-state index contributed by atoms with van der Waals surface area (Å²) in [5.41, 5.74) is 2.47. The van der Waals surface area contributed by atoms with Crippen molar-refractivity contribution in [2.45, 2.75) is 44.9 Å². The molecule has 1 heterocycles. The maximum atomic E-state index is 9.67. The average molecular weight is 269 g/mol. The van der Waals surface area contributed by atoms with Crippen LogP contribution in [0, 0.1) is 22.7 Å². The van der Waals surface area contributed by atoms with E-state index in [1.54, 1.807) is 0 Å². The van der Waals surface area contributed by atoms with E-state index in [0.29, 0.717) is 19.1 Å². The first-order chi connectivity index (χ1) is 9.62. The molecule has 1 aromatic carbocycles. The minimum atomic E-state index is -0.176. The molecule has 0 atom stereocenters. The van der Waals surface area contributed by atoms with E-state index < -0.39 is 0 Å². The summed E-state index contributed by atoms with van der Waals surface area (Å²) in [6, 6.07) is 11.6. The molecule has 2 aliphatic rings. The van der Waals surface area contributed by atoms with Gasteiger partial charge in [0, 0.05) is 0 Å². The van der Waals surface area contributed by atoms with Crippen molar-refractivity contribution >= 4 is 0 Å². The number of benzene rings is 1. The van der Waals surface area contributed by atoms with Crippen LogP contribution in [-0.4, -0.2) is 13.2 Å². The molecule has 2 nitrogen and oxygen atoms in total. The Kier molecular flexibility index (Phi) is 3.34. The standard InChI is InChI=1S/C18H23NO/c1-14(2)10-15-4-6-16(7-5-15)18(12-20-13-18)17(11-19)8-3-9-17/h4-7,14H,3,8-10,12-13H2,1-2H3. The van der Waals surface area contributed by atoms with Crippen LogP contribution in [0.2, 0.25) is 0 Å². The minimum Gasteiger partial charge on any atom is -0.379 e. The fraction of sp³-hybridized carbons (Fsp3) is 0.611. The molecule has 3 rings (SSSR count). The van der Waals surface area contributed by atoms with Gasteiger partial charge in [-0.1, -0.05) is 44.5 Å². The lowest BCUT2D eigenvalue weighted by atomic mass is 9.50. The third kappa shape index (κ3) is 1.88. The maximum absolute atomic E-state index is 9.67. The molecule has 0 unspecified atom stereocenters. The van der Waals surface area contributed by atoms with Crippen molar-refractivity contribution < 1.29 is 4.74 Å². The molecule has 106 valence electrons. The van der Waals surface area contributed by atoms with Crippen LogP contribution >= 0.6 is 0 Å². The lowest BCUT2D eigenvalue weighted by Gasteiger charge is -2.56. The highest BCUT2D eigenvalue weighted by atomic mass is 16.5. The molecule has 2 heteroatoms. The lowest BCUT2D eigenvalue weighted by Crippen LogP contribution is -2.61. The smallest absolute Gasteiger partial charge is 0.0715 e. The summed E-state index contributed by atoms with van der Waals surface area (Å²) in [6.07, 6.45) is 4.36. The number of ether oxygens (including phenoxy) is 1. The zero-order chi connectivity index (χ0) is 14.2. The maximum Gasteiger partial charge on any atom is 0.0715 e. The highest BCUT2D eigenvalue weighted by Crippen LogP contribution is 2.58. The summed E-state index contributed by atoms with van der Waals surface area (Å²) >= 11 is 0. The molecule has 0 bridgehead atoms. The highest BCUT2D eigenvalue weighted by molar-refractivity contribution is 5.38. The highest BCUT2D eigenvalue weighted by Gasteiger charge is 2.60. The molecular formula is C18H23NO. The first-order valence-corrected chi connectivity index (χ1v) is 7.70. The summed E-state index contributed by atoms with van der Waals surface area (Å²) < 4.78 is 5.52. The van der Waals surface area contributed by atoms with E-state index in [4.69, 9.17) is 4.74 Å². The summed E-state index contributed by atoms with van der Waals surface area (Å²) in [4.78, 5) is 0. The van der Waals surface area contributed by atoms with Gasteiger partial charge < -0.3 is 4.74 Å². The molecule has 0 radical (unpaired) electrons. The zero-order valence-corrected chi connectivity index (χ0v) is 12.5. The molecule has 1 aromatic rings. The van der Waals surface area contributed by atoms with Crippen molar-refractivity contribution in [1.29, 1.82) is 5.26 Å². The van der Waals surface area contributed by atoms with Gasteiger partial charge in [-0.3, -0.25) is 0 Å². The Bertz CT molecular complexity index is 515. The Hall–Kier alpha value is -1.33. The van der Waals surface area contributed by atoms with E-state index >= 15 is 0 Å². The van der Waals surface area contributed by atoms with Gasteiger partial charge in [0.1, 0.15) is 0 Å². The van der Waals surface area contributed by atoms with Crippen LogP contribution in [0.5, 0.6) is 0 Å². The molecule has 1 saturated carbocycles. The van der Waals surface area contributed by atoms with Gasteiger partial charge in [-0.05, 0) is 36.3 Å². The van der Waals surface area contributed by atoms with Crippen LogP contribution in [0.4, 0.5) is 0 Å². The fourth-order valence-electron chi connectivity index (χ4n) is 3.68. The topological polar surface area (TPSA) is 33.0 Å². The van der Waals surface area contributed by atoms with Crippen LogP contribution in [-0.2, 0) is 16.6 Å². The van der Waals surface area contributed by atoms with Crippen molar-refractivity contribution in [2.24, 2.45) is 11.3 Å². The predicted molar refractivity (Wildman–Crippen MR) is 79.4 cm³/mol. The summed E-state index contributed by atoms with van der Waals surface area (Å²) in [7, 11) is 0. The third-order valence-corrected chi connectivity index (χ3v) is 5.18. The van der Waals surface area contributed by atoms with Crippen molar-refractivity contribution in [1.82, 2.24) is 0 Å². The Labute approximate surface area is 121 Å². The van der Waals surface area contributed by atoms with Gasteiger partial charge in [-0.15, -0.1) is 0 Å². The molecule has 0 amide bonds. The van der Waals surface area contributed by atoms with Crippen molar-refractivity contribution in [2.75, 3.05) is 13.2 Å². The molecule has 0 spiro atoms. The van der Waals surface area contributed by atoms with Gasteiger partial charge in [0.05, 0.1) is 30.1 Å². The van der Waals surface area contributed by atoms with Gasteiger partial charge in [0.25, 0.3) is 0 Å². The number of nitriles is 1. The minimum absolute atomic E-state index is 0.0453. The Morgan fingerprint density at radius 1 is 1.20 bits per heavy atom. The van der Waals surface area contributed by atoms with Crippen LogP contribution < -0.4 is 0 Å². The normalized spacial score (nSPS) is 22.7. The van der Waals surface area contributed by atoms with E-state index in [9.17, 15) is 5.26 Å². The first kappa shape index (κ1) is 13.6. The van der Waals surface area contributed by atoms with Gasteiger partial charge in [0.2, 0.25) is 0 Å². The lowest BCUT2D eigenvalue weighted by molar-refractivity contribution is -0.134. The van der Waals surface area contributed by atoms with E-state index in [1.165, 1.54) is 17.5 Å². The van der Waals surface area contributed by atoms with Gasteiger partial charge in [0.15, 0.2) is 0 Å². The van der Waals surface area contributed by atoms with Crippen molar-refractivity contribution in [3.63, 3.8) is 0 Å². The van der Waals surface area contributed by atoms with E-state index in [0.717, 1.165) is 19.3 Å². The van der Waals surface area contributed by atoms with Crippen LogP contribution in [0.25, 0.3) is 0 Å². The number of hydrogen-bond donors (Lipinski definition) is 0.